The van der Waals surface area contributed by atoms with E-state index < -0.39 is 15.9 Å². The van der Waals surface area contributed by atoms with Gasteiger partial charge in [0, 0.05) is 44.0 Å². The number of aryl methyl sites for hydroxylation is 1. The minimum atomic E-state index is -3.65. The molecule has 0 atom stereocenters. The van der Waals surface area contributed by atoms with Gasteiger partial charge in [0.2, 0.25) is 15.9 Å². The lowest BCUT2D eigenvalue weighted by molar-refractivity contribution is -0.116. The van der Waals surface area contributed by atoms with E-state index in [0.29, 0.717) is 35.6 Å². The number of hydrogen-bond acceptors (Lipinski definition) is 4. The van der Waals surface area contributed by atoms with E-state index in [9.17, 15) is 18.0 Å². The zero-order chi connectivity index (χ0) is 21.8. The lowest BCUT2D eigenvalue weighted by Gasteiger charge is -2.19. The number of nitrogens with one attached hydrogen (secondary N) is 1. The normalized spacial score (nSPS) is 11.4. The molecule has 2 amide bonds. The maximum atomic E-state index is 12.8. The second-order valence-electron chi connectivity index (χ2n) is 6.65. The molecule has 0 heterocycles. The summed E-state index contributed by atoms with van der Waals surface area (Å²) in [5.74, 6) is -0.490. The fraction of sp³-hybridized carbons (Fsp3) is 0.333. The lowest BCUT2D eigenvalue weighted by atomic mass is 10.1. The summed E-state index contributed by atoms with van der Waals surface area (Å²) in [5, 5.41) is 2.78. The van der Waals surface area contributed by atoms with Crippen molar-refractivity contribution in [2.24, 2.45) is 0 Å². The molecule has 0 saturated carbocycles. The van der Waals surface area contributed by atoms with Crippen LogP contribution in [0, 0.1) is 6.92 Å². The van der Waals surface area contributed by atoms with Crippen LogP contribution in [0.15, 0.2) is 47.4 Å². The molecule has 0 aliphatic carbocycles. The molecule has 0 aromatic heterocycles. The Hall–Kier alpha value is -2.71. The average molecular weight is 418 g/mol. The molecule has 0 aliphatic heterocycles. The number of amides is 2. The lowest BCUT2D eigenvalue weighted by Crippen LogP contribution is -2.30. The van der Waals surface area contributed by atoms with Crippen molar-refractivity contribution in [3.05, 3.63) is 53.6 Å². The molecular formula is C21H27N3O4S. The van der Waals surface area contributed by atoms with Crippen molar-refractivity contribution < 1.29 is 18.0 Å². The molecule has 0 bridgehead atoms. The maximum Gasteiger partial charge on any atom is 0.255 e. The van der Waals surface area contributed by atoms with Gasteiger partial charge in [-0.2, -0.15) is 4.31 Å². The Morgan fingerprint density at radius 1 is 1.00 bits per heavy atom. The molecule has 0 saturated heterocycles. The molecule has 156 valence electrons. The van der Waals surface area contributed by atoms with Gasteiger partial charge in [-0.1, -0.05) is 19.9 Å². The minimum Gasteiger partial charge on any atom is -0.322 e. The van der Waals surface area contributed by atoms with Crippen molar-refractivity contribution >= 4 is 33.2 Å². The van der Waals surface area contributed by atoms with Crippen LogP contribution in [0.5, 0.6) is 0 Å². The summed E-state index contributed by atoms with van der Waals surface area (Å²) < 4.78 is 26.9. The number of carbonyl (C=O) groups excluding carboxylic acids is 2. The van der Waals surface area contributed by atoms with Crippen molar-refractivity contribution in [3.8, 4) is 0 Å². The third-order valence-corrected chi connectivity index (χ3v) is 6.83. The largest absolute Gasteiger partial charge is 0.322 e. The summed E-state index contributed by atoms with van der Waals surface area (Å²) in [5.41, 5.74) is 2.23. The number of rotatable bonds is 7. The molecule has 29 heavy (non-hydrogen) atoms. The highest BCUT2D eigenvalue weighted by molar-refractivity contribution is 7.89. The van der Waals surface area contributed by atoms with Gasteiger partial charge in [0.05, 0.1) is 4.90 Å². The average Bonchev–Trinajstić information content (AvgIpc) is 2.68. The molecule has 0 unspecified atom stereocenters. The molecule has 7 nitrogen and oxygen atoms in total. The van der Waals surface area contributed by atoms with Gasteiger partial charge >= 0.3 is 0 Å². The summed E-state index contributed by atoms with van der Waals surface area (Å²) in [7, 11) is -1.99. The van der Waals surface area contributed by atoms with Crippen molar-refractivity contribution in [1.29, 1.82) is 0 Å². The van der Waals surface area contributed by atoms with Crippen LogP contribution in [0.4, 0.5) is 11.4 Å². The molecule has 2 rings (SSSR count). The molecule has 0 spiro atoms. The van der Waals surface area contributed by atoms with Crippen molar-refractivity contribution in [1.82, 2.24) is 4.31 Å². The first kappa shape index (κ1) is 22.6. The van der Waals surface area contributed by atoms with Gasteiger partial charge in [-0.25, -0.2) is 8.42 Å². The highest BCUT2D eigenvalue weighted by atomic mass is 32.2. The Labute approximate surface area is 172 Å². The third kappa shape index (κ3) is 5.02. The zero-order valence-electron chi connectivity index (χ0n) is 17.4. The quantitative estimate of drug-likeness (QED) is 0.749. The van der Waals surface area contributed by atoms with E-state index in [1.165, 1.54) is 28.3 Å². The smallest absolute Gasteiger partial charge is 0.255 e. The number of nitrogens with zero attached hydrogens (tertiary/aromatic N) is 2. The molecule has 0 radical (unpaired) electrons. The van der Waals surface area contributed by atoms with Crippen LogP contribution in [0.2, 0.25) is 0 Å². The van der Waals surface area contributed by atoms with Crippen LogP contribution in [0.1, 0.15) is 36.7 Å². The first-order valence-electron chi connectivity index (χ1n) is 9.38. The fourth-order valence-electron chi connectivity index (χ4n) is 2.87. The Morgan fingerprint density at radius 3 is 2.10 bits per heavy atom. The molecule has 2 aromatic rings. The van der Waals surface area contributed by atoms with Crippen LogP contribution in [-0.2, 0) is 14.8 Å². The van der Waals surface area contributed by atoms with E-state index in [-0.39, 0.29) is 10.8 Å². The minimum absolute atomic E-state index is 0.0929. The van der Waals surface area contributed by atoms with Gasteiger partial charge < -0.3 is 10.2 Å². The molecular weight excluding hydrogens is 390 g/mol. The Morgan fingerprint density at radius 2 is 1.59 bits per heavy atom. The number of carbonyl (C=O) groups is 2. The van der Waals surface area contributed by atoms with Gasteiger partial charge in [0.25, 0.3) is 5.91 Å². The number of benzene rings is 2. The maximum absolute atomic E-state index is 12.8. The molecule has 1 N–H and O–H groups in total. The highest BCUT2D eigenvalue weighted by Crippen LogP contribution is 2.22. The van der Waals surface area contributed by atoms with Crippen LogP contribution in [0.3, 0.4) is 0 Å². The van der Waals surface area contributed by atoms with E-state index in [2.05, 4.69) is 5.32 Å². The molecule has 8 heteroatoms. The molecule has 0 aliphatic rings. The van der Waals surface area contributed by atoms with Crippen molar-refractivity contribution in [2.45, 2.75) is 32.6 Å². The second-order valence-corrected chi connectivity index (χ2v) is 8.58. The van der Waals surface area contributed by atoms with E-state index >= 15 is 0 Å². The second kappa shape index (κ2) is 9.19. The standard InChI is InChI=1S/C21H27N3O4S/c1-6-24(7-2)29(27,28)19-13-8-15(3)20(14-19)21(26)22-17-9-11-18(12-10-17)23(5)16(4)25/h8-14H,6-7H2,1-5H3,(H,22,26). The van der Waals surface area contributed by atoms with E-state index in [1.54, 1.807) is 58.2 Å². The molecule has 0 fully saturated rings. The Balaban J connectivity index is 2.28. The van der Waals surface area contributed by atoms with Gasteiger partial charge in [0.1, 0.15) is 0 Å². The summed E-state index contributed by atoms with van der Waals surface area (Å²) in [6.07, 6.45) is 0. The SMILES string of the molecule is CCN(CC)S(=O)(=O)c1ccc(C)c(C(=O)Nc2ccc(N(C)C(C)=O)cc2)c1. The monoisotopic (exact) mass is 417 g/mol. The summed E-state index contributed by atoms with van der Waals surface area (Å²) in [6.45, 7) is 7.49. The van der Waals surface area contributed by atoms with E-state index in [1.807, 2.05) is 0 Å². The topological polar surface area (TPSA) is 86.8 Å². The van der Waals surface area contributed by atoms with Crippen LogP contribution >= 0.6 is 0 Å². The first-order chi connectivity index (χ1) is 13.6. The van der Waals surface area contributed by atoms with Crippen LogP contribution < -0.4 is 10.2 Å². The number of hydrogen-bond donors (Lipinski definition) is 1. The summed E-state index contributed by atoms with van der Waals surface area (Å²) in [4.78, 5) is 25.8. The summed E-state index contributed by atoms with van der Waals surface area (Å²) >= 11 is 0. The predicted molar refractivity (Wildman–Crippen MR) is 115 cm³/mol. The van der Waals surface area contributed by atoms with Gasteiger partial charge in [0.15, 0.2) is 0 Å². The summed E-state index contributed by atoms with van der Waals surface area (Å²) in [6, 6.07) is 11.4. The number of sulfonamides is 1. The van der Waals surface area contributed by atoms with E-state index in [4.69, 9.17) is 0 Å². The molecule has 2 aromatic carbocycles. The zero-order valence-corrected chi connectivity index (χ0v) is 18.2. The highest BCUT2D eigenvalue weighted by Gasteiger charge is 2.23. The first-order valence-corrected chi connectivity index (χ1v) is 10.8. The Bertz CT molecular complexity index is 997. The number of anilines is 2. The van der Waals surface area contributed by atoms with Crippen molar-refractivity contribution in [3.63, 3.8) is 0 Å². The fourth-order valence-corrected chi connectivity index (χ4v) is 4.35. The van der Waals surface area contributed by atoms with Crippen molar-refractivity contribution in [2.75, 3.05) is 30.4 Å². The van der Waals surface area contributed by atoms with Crippen LogP contribution in [0.25, 0.3) is 0 Å². The van der Waals surface area contributed by atoms with Crippen LogP contribution in [-0.4, -0.2) is 44.7 Å². The predicted octanol–water partition coefficient (Wildman–Crippen LogP) is 3.26. The van der Waals surface area contributed by atoms with Gasteiger partial charge in [-0.15, -0.1) is 0 Å². The van der Waals surface area contributed by atoms with Gasteiger partial charge in [-0.05, 0) is 48.9 Å². The Kier molecular flexibility index (Phi) is 7.16. The van der Waals surface area contributed by atoms with E-state index in [0.717, 1.165) is 0 Å². The third-order valence-electron chi connectivity index (χ3n) is 4.78. The van der Waals surface area contributed by atoms with Gasteiger partial charge in [-0.3, -0.25) is 9.59 Å².